The molecular weight excluding hydrogens is 358 g/mol. The second kappa shape index (κ2) is 9.26. The van der Waals surface area contributed by atoms with Gasteiger partial charge in [0.05, 0.1) is 22.9 Å². The number of aromatic nitrogens is 1. The van der Waals surface area contributed by atoms with Crippen LogP contribution in [0.1, 0.15) is 35.7 Å². The molecule has 0 aliphatic carbocycles. The summed E-state index contributed by atoms with van der Waals surface area (Å²) in [7, 11) is 0. The zero-order chi connectivity index (χ0) is 19.2. The number of carbonyl (C=O) groups is 1. The molecule has 1 aromatic heterocycles. The van der Waals surface area contributed by atoms with E-state index in [2.05, 4.69) is 53.3 Å². The molecule has 3 rings (SSSR count). The summed E-state index contributed by atoms with van der Waals surface area (Å²) in [5, 5.41) is 5.85. The van der Waals surface area contributed by atoms with Gasteiger partial charge in [-0.15, -0.1) is 11.3 Å². The van der Waals surface area contributed by atoms with Gasteiger partial charge in [0.25, 0.3) is 0 Å². The predicted molar refractivity (Wildman–Crippen MR) is 109 cm³/mol. The maximum atomic E-state index is 11.9. The van der Waals surface area contributed by atoms with E-state index < -0.39 is 0 Å². The van der Waals surface area contributed by atoms with E-state index in [9.17, 15) is 4.79 Å². The molecule has 0 bridgehead atoms. The molecule has 27 heavy (non-hydrogen) atoms. The van der Waals surface area contributed by atoms with Gasteiger partial charge in [-0.05, 0) is 38.0 Å². The number of thiazole rings is 1. The Labute approximate surface area is 165 Å². The van der Waals surface area contributed by atoms with Crippen LogP contribution in [-0.4, -0.2) is 41.1 Å². The predicted octanol–water partition coefficient (Wildman–Crippen LogP) is 3.39. The van der Waals surface area contributed by atoms with Crippen LogP contribution in [0.25, 0.3) is 6.08 Å². The van der Waals surface area contributed by atoms with Crippen LogP contribution in [0.15, 0.2) is 35.7 Å². The van der Waals surface area contributed by atoms with E-state index in [4.69, 9.17) is 4.74 Å². The molecule has 1 N–H and O–H groups in total. The van der Waals surface area contributed by atoms with Crippen molar-refractivity contribution < 1.29 is 9.53 Å². The average Bonchev–Trinajstić information content (AvgIpc) is 3.04. The first-order chi connectivity index (χ1) is 13.0. The number of nitrogens with one attached hydrogen (secondary N) is 1. The average molecular weight is 386 g/mol. The molecule has 2 unspecified atom stereocenters. The van der Waals surface area contributed by atoms with E-state index in [-0.39, 0.29) is 18.1 Å². The molecule has 1 aromatic carbocycles. The maximum absolute atomic E-state index is 11.9. The van der Waals surface area contributed by atoms with Crippen molar-refractivity contribution in [2.75, 3.05) is 13.1 Å². The highest BCUT2D eigenvalue weighted by Gasteiger charge is 2.21. The Bertz CT molecular complexity index is 775. The summed E-state index contributed by atoms with van der Waals surface area (Å²) in [6.07, 6.45) is 3.84. The lowest BCUT2D eigenvalue weighted by molar-refractivity contribution is -0.116. The summed E-state index contributed by atoms with van der Waals surface area (Å²) in [5.41, 5.74) is 3.20. The number of nitrogens with zero attached hydrogens (tertiary/aromatic N) is 2. The third-order valence-electron chi connectivity index (χ3n) is 4.43. The van der Waals surface area contributed by atoms with Crippen LogP contribution >= 0.6 is 11.3 Å². The van der Waals surface area contributed by atoms with Gasteiger partial charge in [-0.25, -0.2) is 4.98 Å². The van der Waals surface area contributed by atoms with Gasteiger partial charge in [-0.3, -0.25) is 9.69 Å². The molecule has 1 saturated heterocycles. The number of rotatable bonds is 6. The first-order valence-corrected chi connectivity index (χ1v) is 10.2. The first-order valence-electron chi connectivity index (χ1n) is 9.31. The molecule has 144 valence electrons. The monoisotopic (exact) mass is 385 g/mol. The Morgan fingerprint density at radius 2 is 1.93 bits per heavy atom. The highest BCUT2D eigenvalue weighted by molar-refractivity contribution is 7.09. The number of ether oxygens (including phenoxy) is 1. The zero-order valence-corrected chi connectivity index (χ0v) is 17.0. The number of carbonyl (C=O) groups excluding carboxylic acids is 1. The summed E-state index contributed by atoms with van der Waals surface area (Å²) in [6.45, 7) is 9.58. The van der Waals surface area contributed by atoms with Crippen molar-refractivity contribution >= 4 is 23.3 Å². The topological polar surface area (TPSA) is 54.5 Å². The number of benzene rings is 1. The van der Waals surface area contributed by atoms with Crippen LogP contribution in [-0.2, 0) is 22.6 Å². The van der Waals surface area contributed by atoms with Gasteiger partial charge in [-0.2, -0.15) is 0 Å². The SMILES string of the molecule is Cc1nc(/C=C/C(=O)NCc2ccc(CN3CC(C)OC(C)C3)cc2)cs1. The molecule has 6 heteroatoms. The normalized spacial score (nSPS) is 20.9. The van der Waals surface area contributed by atoms with E-state index in [1.165, 1.54) is 11.6 Å². The first kappa shape index (κ1) is 19.7. The second-order valence-electron chi connectivity index (χ2n) is 7.11. The van der Waals surface area contributed by atoms with Gasteiger partial charge in [0.15, 0.2) is 0 Å². The third-order valence-corrected chi connectivity index (χ3v) is 5.23. The molecule has 1 fully saturated rings. The standard InChI is InChI=1S/C21H27N3O2S/c1-15-11-24(12-16(2)26-15)13-19-6-4-18(5-7-19)10-22-21(25)9-8-20-14-27-17(3)23-20/h4-9,14-16H,10-13H2,1-3H3,(H,22,25)/b9-8+. The quantitative estimate of drug-likeness (QED) is 0.775. The molecule has 1 aliphatic rings. The summed E-state index contributed by atoms with van der Waals surface area (Å²) in [5.74, 6) is -0.110. The fraction of sp³-hybridized carbons (Fsp3) is 0.429. The Kier molecular flexibility index (Phi) is 6.77. The molecule has 0 radical (unpaired) electrons. The van der Waals surface area contributed by atoms with Crippen molar-refractivity contribution in [3.8, 4) is 0 Å². The zero-order valence-electron chi connectivity index (χ0n) is 16.1. The van der Waals surface area contributed by atoms with Gasteiger partial charge in [0.1, 0.15) is 0 Å². The summed E-state index contributed by atoms with van der Waals surface area (Å²) in [4.78, 5) is 18.7. The molecule has 2 heterocycles. The van der Waals surface area contributed by atoms with E-state index >= 15 is 0 Å². The molecule has 0 saturated carbocycles. The Hall–Kier alpha value is -2.02. The van der Waals surface area contributed by atoms with Crippen LogP contribution in [0, 0.1) is 6.92 Å². The van der Waals surface area contributed by atoms with Crippen LogP contribution in [0.2, 0.25) is 0 Å². The lowest BCUT2D eigenvalue weighted by atomic mass is 10.1. The minimum Gasteiger partial charge on any atom is -0.373 e. The Balaban J connectivity index is 1.46. The van der Waals surface area contributed by atoms with Crippen LogP contribution in [0.4, 0.5) is 0 Å². The minimum absolute atomic E-state index is 0.110. The Morgan fingerprint density at radius 1 is 1.26 bits per heavy atom. The molecular formula is C21H27N3O2S. The third kappa shape index (κ3) is 6.27. The molecule has 2 aromatic rings. The highest BCUT2D eigenvalue weighted by atomic mass is 32.1. The molecule has 0 spiro atoms. The molecule has 2 atom stereocenters. The lowest BCUT2D eigenvalue weighted by Crippen LogP contribution is -2.44. The number of aryl methyl sites for hydroxylation is 1. The number of amides is 1. The largest absolute Gasteiger partial charge is 0.373 e. The van der Waals surface area contributed by atoms with Gasteiger partial charge >= 0.3 is 0 Å². The van der Waals surface area contributed by atoms with Crippen molar-refractivity contribution in [2.45, 2.75) is 46.1 Å². The molecule has 5 nitrogen and oxygen atoms in total. The van der Waals surface area contributed by atoms with Crippen molar-refractivity contribution in [3.63, 3.8) is 0 Å². The van der Waals surface area contributed by atoms with Crippen molar-refractivity contribution in [2.24, 2.45) is 0 Å². The van der Waals surface area contributed by atoms with E-state index in [0.29, 0.717) is 6.54 Å². The van der Waals surface area contributed by atoms with Crippen LogP contribution in [0.5, 0.6) is 0 Å². The van der Waals surface area contributed by atoms with Gasteiger partial charge in [0, 0.05) is 37.6 Å². The number of hydrogen-bond donors (Lipinski definition) is 1. The van der Waals surface area contributed by atoms with Gasteiger partial charge in [-0.1, -0.05) is 24.3 Å². The highest BCUT2D eigenvalue weighted by Crippen LogP contribution is 2.15. The van der Waals surface area contributed by atoms with Crippen LogP contribution in [0.3, 0.4) is 0 Å². The molecule has 1 aliphatic heterocycles. The minimum atomic E-state index is -0.110. The summed E-state index contributed by atoms with van der Waals surface area (Å²) in [6, 6.07) is 8.44. The Morgan fingerprint density at radius 3 is 2.56 bits per heavy atom. The smallest absolute Gasteiger partial charge is 0.244 e. The maximum Gasteiger partial charge on any atom is 0.244 e. The fourth-order valence-corrected chi connectivity index (χ4v) is 3.88. The van der Waals surface area contributed by atoms with E-state index in [1.54, 1.807) is 17.4 Å². The van der Waals surface area contributed by atoms with Crippen molar-refractivity contribution in [3.05, 3.63) is 57.6 Å². The lowest BCUT2D eigenvalue weighted by Gasteiger charge is -2.35. The number of hydrogen-bond acceptors (Lipinski definition) is 5. The van der Waals surface area contributed by atoms with Crippen LogP contribution < -0.4 is 5.32 Å². The van der Waals surface area contributed by atoms with Crippen molar-refractivity contribution in [1.29, 1.82) is 0 Å². The summed E-state index contributed by atoms with van der Waals surface area (Å²) < 4.78 is 5.79. The fourth-order valence-electron chi connectivity index (χ4n) is 3.30. The number of morpholine rings is 1. The second-order valence-corrected chi connectivity index (χ2v) is 8.17. The van der Waals surface area contributed by atoms with Gasteiger partial charge < -0.3 is 10.1 Å². The molecule has 1 amide bonds. The summed E-state index contributed by atoms with van der Waals surface area (Å²) >= 11 is 1.58. The van der Waals surface area contributed by atoms with Gasteiger partial charge in [0.2, 0.25) is 5.91 Å². The van der Waals surface area contributed by atoms with Crippen molar-refractivity contribution in [1.82, 2.24) is 15.2 Å². The van der Waals surface area contributed by atoms with E-state index in [1.807, 2.05) is 12.3 Å². The van der Waals surface area contributed by atoms with E-state index in [0.717, 1.165) is 35.9 Å².